The fourth-order valence-electron chi connectivity index (χ4n) is 1.59. The molecule has 1 fully saturated rings. The van der Waals surface area contributed by atoms with Crippen molar-refractivity contribution in [1.82, 2.24) is 4.57 Å². The molecular formula is C11H15NO2. The Hall–Kier alpha value is -1.09. The lowest BCUT2D eigenvalue weighted by Gasteiger charge is -2.11. The minimum atomic E-state index is -0.351. The third-order valence-electron chi connectivity index (χ3n) is 2.70. The molecular weight excluding hydrogens is 178 g/mol. The van der Waals surface area contributed by atoms with Crippen molar-refractivity contribution < 1.29 is 5.11 Å². The maximum Gasteiger partial charge on any atom is 0.250 e. The van der Waals surface area contributed by atoms with E-state index in [0.717, 1.165) is 18.4 Å². The van der Waals surface area contributed by atoms with E-state index in [4.69, 9.17) is 0 Å². The third kappa shape index (κ3) is 2.04. The van der Waals surface area contributed by atoms with Crippen LogP contribution in [0, 0.1) is 12.8 Å². The zero-order valence-corrected chi connectivity index (χ0v) is 8.31. The van der Waals surface area contributed by atoms with Gasteiger partial charge in [0.05, 0.1) is 12.6 Å². The van der Waals surface area contributed by atoms with Gasteiger partial charge >= 0.3 is 0 Å². The normalized spacial score (nSPS) is 18.1. The summed E-state index contributed by atoms with van der Waals surface area (Å²) in [5, 5.41) is 9.68. The number of rotatable bonds is 3. The second-order valence-corrected chi connectivity index (χ2v) is 4.10. The van der Waals surface area contributed by atoms with Gasteiger partial charge in [-0.2, -0.15) is 0 Å². The molecule has 1 aliphatic carbocycles. The molecule has 0 amide bonds. The van der Waals surface area contributed by atoms with Gasteiger partial charge in [-0.1, -0.05) is 0 Å². The van der Waals surface area contributed by atoms with Crippen LogP contribution in [0.4, 0.5) is 0 Å². The average molecular weight is 193 g/mol. The molecule has 3 nitrogen and oxygen atoms in total. The molecule has 1 saturated carbocycles. The summed E-state index contributed by atoms with van der Waals surface area (Å²) in [6, 6.07) is 3.49. The molecule has 1 aliphatic rings. The Bertz CT molecular complexity index is 379. The second-order valence-electron chi connectivity index (χ2n) is 4.10. The standard InChI is InChI=1S/C11H15NO2/c1-8-4-5-12(11(14)6-8)7-10(13)9-2-3-9/h4-6,9-10,13H,2-3,7H2,1H3. The summed E-state index contributed by atoms with van der Waals surface area (Å²) in [5.74, 6) is 0.420. The molecule has 1 heterocycles. The van der Waals surface area contributed by atoms with Gasteiger partial charge in [0.25, 0.3) is 5.56 Å². The molecule has 2 rings (SSSR count). The zero-order valence-electron chi connectivity index (χ0n) is 8.31. The highest BCUT2D eigenvalue weighted by Crippen LogP contribution is 2.32. The van der Waals surface area contributed by atoms with Crippen molar-refractivity contribution in [2.24, 2.45) is 5.92 Å². The van der Waals surface area contributed by atoms with Gasteiger partial charge in [-0.05, 0) is 37.3 Å². The molecule has 1 N–H and O–H groups in total. The molecule has 0 spiro atoms. The van der Waals surface area contributed by atoms with E-state index in [1.165, 1.54) is 0 Å². The highest BCUT2D eigenvalue weighted by atomic mass is 16.3. The van der Waals surface area contributed by atoms with Crippen molar-refractivity contribution in [2.45, 2.75) is 32.4 Å². The second kappa shape index (κ2) is 3.58. The predicted molar refractivity (Wildman–Crippen MR) is 54.2 cm³/mol. The minimum absolute atomic E-state index is 0.0234. The maximum absolute atomic E-state index is 11.5. The Morgan fingerprint density at radius 2 is 2.36 bits per heavy atom. The lowest BCUT2D eigenvalue weighted by Crippen LogP contribution is -2.26. The predicted octanol–water partition coefficient (Wildman–Crippen LogP) is 0.928. The topological polar surface area (TPSA) is 42.2 Å². The average Bonchev–Trinajstić information content (AvgIpc) is 2.92. The highest BCUT2D eigenvalue weighted by Gasteiger charge is 2.29. The van der Waals surface area contributed by atoms with Crippen LogP contribution < -0.4 is 5.56 Å². The summed E-state index contributed by atoms with van der Waals surface area (Å²) in [6.45, 7) is 2.33. The van der Waals surface area contributed by atoms with Crippen LogP contribution in [0.1, 0.15) is 18.4 Å². The van der Waals surface area contributed by atoms with E-state index >= 15 is 0 Å². The minimum Gasteiger partial charge on any atom is -0.391 e. The van der Waals surface area contributed by atoms with Gasteiger partial charge < -0.3 is 9.67 Å². The van der Waals surface area contributed by atoms with Gasteiger partial charge in [0.1, 0.15) is 0 Å². The van der Waals surface area contributed by atoms with Gasteiger partial charge in [-0.15, -0.1) is 0 Å². The first-order chi connectivity index (χ1) is 6.66. The fraction of sp³-hybridized carbons (Fsp3) is 0.545. The number of aromatic nitrogens is 1. The lowest BCUT2D eigenvalue weighted by atomic mass is 10.2. The Morgan fingerprint density at radius 1 is 1.64 bits per heavy atom. The molecule has 0 aliphatic heterocycles. The van der Waals surface area contributed by atoms with Crippen molar-refractivity contribution in [2.75, 3.05) is 0 Å². The highest BCUT2D eigenvalue weighted by molar-refractivity contribution is 5.08. The van der Waals surface area contributed by atoms with Crippen LogP contribution in [0.25, 0.3) is 0 Å². The smallest absolute Gasteiger partial charge is 0.250 e. The molecule has 1 aromatic heterocycles. The van der Waals surface area contributed by atoms with Crippen molar-refractivity contribution in [1.29, 1.82) is 0 Å². The summed E-state index contributed by atoms with van der Waals surface area (Å²) >= 11 is 0. The van der Waals surface area contributed by atoms with Crippen molar-refractivity contribution >= 4 is 0 Å². The number of hydrogen-bond donors (Lipinski definition) is 1. The Balaban J connectivity index is 2.12. The summed E-state index contributed by atoms with van der Waals surface area (Å²) in [7, 11) is 0. The summed E-state index contributed by atoms with van der Waals surface area (Å²) in [4.78, 5) is 11.5. The van der Waals surface area contributed by atoms with Crippen LogP contribution in [0.5, 0.6) is 0 Å². The molecule has 0 aromatic carbocycles. The van der Waals surface area contributed by atoms with E-state index in [9.17, 15) is 9.90 Å². The first-order valence-electron chi connectivity index (χ1n) is 5.02. The Morgan fingerprint density at radius 3 is 2.93 bits per heavy atom. The molecule has 0 radical (unpaired) electrons. The summed E-state index contributed by atoms with van der Waals surface area (Å²) in [5.41, 5.74) is 0.942. The van der Waals surface area contributed by atoms with E-state index in [2.05, 4.69) is 0 Å². The SMILES string of the molecule is Cc1ccn(CC(O)C2CC2)c(=O)c1. The van der Waals surface area contributed by atoms with E-state index in [1.54, 1.807) is 16.8 Å². The van der Waals surface area contributed by atoms with Gasteiger partial charge in [0, 0.05) is 12.3 Å². The number of aliphatic hydroxyl groups is 1. The van der Waals surface area contributed by atoms with Crippen LogP contribution in [-0.2, 0) is 6.54 Å². The quantitative estimate of drug-likeness (QED) is 0.776. The lowest BCUT2D eigenvalue weighted by molar-refractivity contribution is 0.130. The number of hydrogen-bond acceptors (Lipinski definition) is 2. The molecule has 76 valence electrons. The van der Waals surface area contributed by atoms with Crippen molar-refractivity contribution in [3.8, 4) is 0 Å². The number of pyridine rings is 1. The van der Waals surface area contributed by atoms with Crippen LogP contribution in [0.3, 0.4) is 0 Å². The van der Waals surface area contributed by atoms with Gasteiger partial charge in [-0.3, -0.25) is 4.79 Å². The maximum atomic E-state index is 11.5. The molecule has 1 aromatic rings. The summed E-state index contributed by atoms with van der Waals surface area (Å²) in [6.07, 6.45) is 3.60. The van der Waals surface area contributed by atoms with Crippen LogP contribution in [0.15, 0.2) is 23.1 Å². The van der Waals surface area contributed by atoms with Gasteiger partial charge in [0.15, 0.2) is 0 Å². The monoisotopic (exact) mass is 193 g/mol. The van der Waals surface area contributed by atoms with E-state index in [1.807, 2.05) is 13.0 Å². The van der Waals surface area contributed by atoms with Crippen LogP contribution >= 0.6 is 0 Å². The molecule has 0 saturated heterocycles. The van der Waals surface area contributed by atoms with Crippen molar-refractivity contribution in [3.05, 3.63) is 34.2 Å². The zero-order chi connectivity index (χ0) is 10.1. The van der Waals surface area contributed by atoms with Gasteiger partial charge in [0.2, 0.25) is 0 Å². The Kier molecular flexibility index (Phi) is 2.42. The first-order valence-corrected chi connectivity index (χ1v) is 5.02. The fourth-order valence-corrected chi connectivity index (χ4v) is 1.59. The molecule has 3 heteroatoms. The van der Waals surface area contributed by atoms with Crippen molar-refractivity contribution in [3.63, 3.8) is 0 Å². The van der Waals surface area contributed by atoms with Crippen LogP contribution in [-0.4, -0.2) is 15.8 Å². The third-order valence-corrected chi connectivity index (χ3v) is 2.70. The first kappa shape index (κ1) is 9.46. The molecule has 0 bridgehead atoms. The molecule has 1 atom stereocenters. The van der Waals surface area contributed by atoms with Gasteiger partial charge in [-0.25, -0.2) is 0 Å². The Labute approximate surface area is 83.0 Å². The number of aryl methyl sites for hydroxylation is 1. The number of nitrogens with zero attached hydrogens (tertiary/aromatic N) is 1. The molecule has 1 unspecified atom stereocenters. The number of aliphatic hydroxyl groups excluding tert-OH is 1. The van der Waals surface area contributed by atoms with Crippen LogP contribution in [0.2, 0.25) is 0 Å². The van der Waals surface area contributed by atoms with E-state index in [-0.39, 0.29) is 11.7 Å². The van der Waals surface area contributed by atoms with E-state index < -0.39 is 0 Å². The summed E-state index contributed by atoms with van der Waals surface area (Å²) < 4.78 is 1.58. The van der Waals surface area contributed by atoms with E-state index in [0.29, 0.717) is 12.5 Å². The molecule has 14 heavy (non-hydrogen) atoms. The largest absolute Gasteiger partial charge is 0.391 e.